The molecule has 110 valence electrons. The first-order valence-corrected chi connectivity index (χ1v) is 7.15. The topological polar surface area (TPSA) is 29.3 Å². The average molecular weight is 288 g/mol. The molecule has 1 fully saturated rings. The summed E-state index contributed by atoms with van der Waals surface area (Å²) in [5.41, 5.74) is 7.96. The molecule has 0 spiro atoms. The number of rotatable bonds is 5. The van der Waals surface area contributed by atoms with Crippen LogP contribution in [-0.2, 0) is 13.1 Å². The zero-order chi connectivity index (χ0) is 14.8. The molecule has 0 aliphatic heterocycles. The predicted octanol–water partition coefficient (Wildman–Crippen LogP) is 3.71. The van der Waals surface area contributed by atoms with Gasteiger partial charge in [0.1, 0.15) is 0 Å². The van der Waals surface area contributed by atoms with Gasteiger partial charge in [-0.25, -0.2) is 8.78 Å². The van der Waals surface area contributed by atoms with Gasteiger partial charge in [0.25, 0.3) is 0 Å². The van der Waals surface area contributed by atoms with E-state index in [9.17, 15) is 8.78 Å². The Hall–Kier alpha value is -1.94. The Balaban J connectivity index is 1.76. The quantitative estimate of drug-likeness (QED) is 0.850. The number of nitrogens with two attached hydrogens (primary N) is 1. The van der Waals surface area contributed by atoms with Crippen molar-refractivity contribution >= 4 is 5.69 Å². The van der Waals surface area contributed by atoms with Gasteiger partial charge in [-0.05, 0) is 36.6 Å². The molecule has 21 heavy (non-hydrogen) atoms. The summed E-state index contributed by atoms with van der Waals surface area (Å²) in [7, 11) is 0. The van der Waals surface area contributed by atoms with Gasteiger partial charge in [0, 0.05) is 30.4 Å². The maximum Gasteiger partial charge on any atom is 0.163 e. The van der Waals surface area contributed by atoms with Gasteiger partial charge in [0.15, 0.2) is 11.6 Å². The molecule has 0 aromatic heterocycles. The molecule has 2 nitrogen and oxygen atoms in total. The van der Waals surface area contributed by atoms with Crippen molar-refractivity contribution in [3.05, 3.63) is 65.2 Å². The Morgan fingerprint density at radius 2 is 1.71 bits per heavy atom. The van der Waals surface area contributed by atoms with Crippen molar-refractivity contribution in [2.75, 3.05) is 5.73 Å². The minimum absolute atomic E-state index is 0.414. The number of nitrogens with zero attached hydrogens (tertiary/aromatic N) is 1. The van der Waals surface area contributed by atoms with E-state index < -0.39 is 11.6 Å². The molecule has 4 heteroatoms. The van der Waals surface area contributed by atoms with Crippen LogP contribution in [0.5, 0.6) is 0 Å². The van der Waals surface area contributed by atoms with E-state index in [2.05, 4.69) is 4.90 Å². The molecule has 3 rings (SSSR count). The lowest BCUT2D eigenvalue weighted by Crippen LogP contribution is -2.25. The standard InChI is InChI=1S/C17H18F2N2/c18-16-3-1-2-13(17(16)19)11-21(15-8-9-15)10-12-4-6-14(20)7-5-12/h1-7,15H,8-11,20H2. The monoisotopic (exact) mass is 288 g/mol. The largest absolute Gasteiger partial charge is 0.399 e. The SMILES string of the molecule is Nc1ccc(CN(Cc2cccc(F)c2F)C2CC2)cc1. The van der Waals surface area contributed by atoms with Crippen molar-refractivity contribution in [1.29, 1.82) is 0 Å². The lowest BCUT2D eigenvalue weighted by Gasteiger charge is -2.22. The van der Waals surface area contributed by atoms with Crippen LogP contribution in [0.3, 0.4) is 0 Å². The number of halogens is 2. The van der Waals surface area contributed by atoms with Crippen molar-refractivity contribution in [2.24, 2.45) is 0 Å². The minimum Gasteiger partial charge on any atom is -0.399 e. The van der Waals surface area contributed by atoms with E-state index in [4.69, 9.17) is 5.73 Å². The third kappa shape index (κ3) is 3.39. The zero-order valence-corrected chi connectivity index (χ0v) is 11.7. The Bertz CT molecular complexity index is 621. The predicted molar refractivity (Wildman–Crippen MR) is 79.5 cm³/mol. The fourth-order valence-corrected chi connectivity index (χ4v) is 2.50. The zero-order valence-electron chi connectivity index (χ0n) is 11.7. The second-order valence-corrected chi connectivity index (χ2v) is 5.59. The molecular weight excluding hydrogens is 270 g/mol. The molecule has 0 radical (unpaired) electrons. The van der Waals surface area contributed by atoms with Gasteiger partial charge in [0.2, 0.25) is 0 Å². The summed E-state index contributed by atoms with van der Waals surface area (Å²) in [4.78, 5) is 2.20. The molecule has 1 saturated carbocycles. The van der Waals surface area contributed by atoms with Crippen molar-refractivity contribution in [2.45, 2.75) is 32.0 Å². The second-order valence-electron chi connectivity index (χ2n) is 5.59. The normalized spacial score (nSPS) is 14.6. The summed E-state index contributed by atoms with van der Waals surface area (Å²) >= 11 is 0. The van der Waals surface area contributed by atoms with Gasteiger partial charge in [-0.3, -0.25) is 4.90 Å². The molecule has 0 atom stereocenters. The first kappa shape index (κ1) is 14.0. The van der Waals surface area contributed by atoms with Crippen molar-refractivity contribution in [1.82, 2.24) is 4.90 Å². The average Bonchev–Trinajstić information content (AvgIpc) is 3.30. The van der Waals surface area contributed by atoms with Gasteiger partial charge in [0.05, 0.1) is 0 Å². The smallest absolute Gasteiger partial charge is 0.163 e. The van der Waals surface area contributed by atoms with Crippen LogP contribution in [0.25, 0.3) is 0 Å². The summed E-state index contributed by atoms with van der Waals surface area (Å²) in [5.74, 6) is -1.52. The Labute approximate surface area is 123 Å². The molecule has 0 amide bonds. The van der Waals surface area contributed by atoms with E-state index in [1.165, 1.54) is 0 Å². The van der Waals surface area contributed by atoms with E-state index in [1.807, 2.05) is 24.3 Å². The van der Waals surface area contributed by atoms with Crippen LogP contribution in [0.15, 0.2) is 42.5 Å². The Morgan fingerprint density at radius 3 is 2.38 bits per heavy atom. The Morgan fingerprint density at radius 1 is 1.00 bits per heavy atom. The van der Waals surface area contributed by atoms with Gasteiger partial charge < -0.3 is 5.73 Å². The summed E-state index contributed by atoms with van der Waals surface area (Å²) < 4.78 is 27.1. The van der Waals surface area contributed by atoms with Gasteiger partial charge in [-0.15, -0.1) is 0 Å². The molecule has 2 aromatic carbocycles. The summed E-state index contributed by atoms with van der Waals surface area (Å²) in [6.07, 6.45) is 2.23. The van der Waals surface area contributed by atoms with Crippen LogP contribution in [0.1, 0.15) is 24.0 Å². The van der Waals surface area contributed by atoms with Crippen LogP contribution in [0.2, 0.25) is 0 Å². The summed E-state index contributed by atoms with van der Waals surface area (Å²) in [5, 5.41) is 0. The molecule has 2 N–H and O–H groups in total. The van der Waals surface area contributed by atoms with E-state index in [0.717, 1.165) is 36.7 Å². The van der Waals surface area contributed by atoms with E-state index in [1.54, 1.807) is 12.1 Å². The fraction of sp³-hybridized carbons (Fsp3) is 0.294. The highest BCUT2D eigenvalue weighted by Crippen LogP contribution is 2.30. The van der Waals surface area contributed by atoms with Crippen LogP contribution in [-0.4, -0.2) is 10.9 Å². The highest BCUT2D eigenvalue weighted by Gasteiger charge is 2.29. The number of hydrogen-bond donors (Lipinski definition) is 1. The molecule has 0 bridgehead atoms. The van der Waals surface area contributed by atoms with Gasteiger partial charge in [-0.1, -0.05) is 24.3 Å². The lowest BCUT2D eigenvalue weighted by molar-refractivity contribution is 0.241. The lowest BCUT2D eigenvalue weighted by atomic mass is 10.1. The molecule has 1 aliphatic rings. The first-order chi connectivity index (χ1) is 10.1. The highest BCUT2D eigenvalue weighted by atomic mass is 19.2. The van der Waals surface area contributed by atoms with Crippen molar-refractivity contribution in [3.63, 3.8) is 0 Å². The number of nitrogen functional groups attached to an aromatic ring is 1. The first-order valence-electron chi connectivity index (χ1n) is 7.15. The van der Waals surface area contributed by atoms with E-state index in [-0.39, 0.29) is 0 Å². The summed E-state index contributed by atoms with van der Waals surface area (Å²) in [6.45, 7) is 1.15. The number of benzene rings is 2. The van der Waals surface area contributed by atoms with E-state index in [0.29, 0.717) is 18.2 Å². The van der Waals surface area contributed by atoms with Crippen LogP contribution >= 0.6 is 0 Å². The number of hydrogen-bond acceptors (Lipinski definition) is 2. The van der Waals surface area contributed by atoms with Gasteiger partial charge in [-0.2, -0.15) is 0 Å². The van der Waals surface area contributed by atoms with Crippen LogP contribution in [0, 0.1) is 11.6 Å². The van der Waals surface area contributed by atoms with Crippen LogP contribution in [0.4, 0.5) is 14.5 Å². The fourth-order valence-electron chi connectivity index (χ4n) is 2.50. The van der Waals surface area contributed by atoms with Crippen molar-refractivity contribution in [3.8, 4) is 0 Å². The molecule has 0 unspecified atom stereocenters. The van der Waals surface area contributed by atoms with Crippen LogP contribution < -0.4 is 5.73 Å². The third-order valence-corrected chi connectivity index (χ3v) is 3.83. The minimum atomic E-state index is -0.782. The maximum atomic E-state index is 13.8. The van der Waals surface area contributed by atoms with Crippen molar-refractivity contribution < 1.29 is 8.78 Å². The third-order valence-electron chi connectivity index (χ3n) is 3.83. The molecule has 0 saturated heterocycles. The Kier molecular flexibility index (Phi) is 3.88. The molecule has 1 aliphatic carbocycles. The summed E-state index contributed by atoms with van der Waals surface area (Å²) in [6, 6.07) is 12.5. The highest BCUT2D eigenvalue weighted by molar-refractivity contribution is 5.39. The maximum absolute atomic E-state index is 13.8. The number of anilines is 1. The molecule has 0 heterocycles. The van der Waals surface area contributed by atoms with E-state index >= 15 is 0 Å². The second kappa shape index (κ2) is 5.82. The molecular formula is C17H18F2N2. The van der Waals surface area contributed by atoms with Gasteiger partial charge >= 0.3 is 0 Å². The molecule has 2 aromatic rings.